The Bertz CT molecular complexity index is 244. The van der Waals surface area contributed by atoms with Crippen LogP contribution in [-0.2, 0) is 9.53 Å². The first-order valence-corrected chi connectivity index (χ1v) is 5.81. The lowest BCUT2D eigenvalue weighted by atomic mass is 10.1. The van der Waals surface area contributed by atoms with E-state index in [1.807, 2.05) is 4.90 Å². The number of morpholine rings is 1. The van der Waals surface area contributed by atoms with Gasteiger partial charge in [0.05, 0.1) is 6.61 Å². The Hall–Kier alpha value is -0.320. The van der Waals surface area contributed by atoms with Crippen molar-refractivity contribution in [3.63, 3.8) is 0 Å². The van der Waals surface area contributed by atoms with Crippen molar-refractivity contribution < 1.29 is 9.53 Å². The first-order chi connectivity index (χ1) is 7.18. The molecular weight excluding hydrogens is 228 g/mol. The first-order valence-electron chi connectivity index (χ1n) is 5.81. The largest absolute Gasteiger partial charge is 0.366 e. The zero-order valence-corrected chi connectivity index (χ0v) is 10.8. The van der Waals surface area contributed by atoms with Crippen molar-refractivity contribution in [3.8, 4) is 0 Å². The number of rotatable bonds is 1. The van der Waals surface area contributed by atoms with Gasteiger partial charge < -0.3 is 15.0 Å². The lowest BCUT2D eigenvalue weighted by Gasteiger charge is -2.29. The third-order valence-corrected chi connectivity index (χ3v) is 3.27. The SMILES string of the molecule is CC1CC(C)N(C(=O)[C@H]2CNCCO2)C1.Cl. The highest BCUT2D eigenvalue weighted by molar-refractivity contribution is 5.85. The summed E-state index contributed by atoms with van der Waals surface area (Å²) in [6.45, 7) is 7.38. The van der Waals surface area contributed by atoms with Gasteiger partial charge in [-0.05, 0) is 19.3 Å². The first kappa shape index (κ1) is 13.7. The van der Waals surface area contributed by atoms with Gasteiger partial charge in [0.15, 0.2) is 0 Å². The Balaban J connectivity index is 0.00000128. The highest BCUT2D eigenvalue weighted by Crippen LogP contribution is 2.23. The molecule has 16 heavy (non-hydrogen) atoms. The molecule has 0 radical (unpaired) electrons. The average Bonchev–Trinajstić information content (AvgIpc) is 2.58. The Morgan fingerprint density at radius 2 is 2.19 bits per heavy atom. The maximum absolute atomic E-state index is 12.1. The van der Waals surface area contributed by atoms with Gasteiger partial charge in [0.25, 0.3) is 5.91 Å². The summed E-state index contributed by atoms with van der Waals surface area (Å²) in [5.41, 5.74) is 0. The van der Waals surface area contributed by atoms with E-state index in [2.05, 4.69) is 19.2 Å². The summed E-state index contributed by atoms with van der Waals surface area (Å²) in [6, 6.07) is 0.373. The van der Waals surface area contributed by atoms with Gasteiger partial charge in [0.2, 0.25) is 0 Å². The predicted molar refractivity (Wildman–Crippen MR) is 64.8 cm³/mol. The summed E-state index contributed by atoms with van der Waals surface area (Å²) in [5, 5.41) is 3.19. The third-order valence-electron chi connectivity index (χ3n) is 3.27. The van der Waals surface area contributed by atoms with Crippen LogP contribution < -0.4 is 5.32 Å². The molecule has 5 heteroatoms. The summed E-state index contributed by atoms with van der Waals surface area (Å²) in [5.74, 6) is 0.791. The summed E-state index contributed by atoms with van der Waals surface area (Å²) < 4.78 is 5.48. The third kappa shape index (κ3) is 2.87. The number of nitrogens with zero attached hydrogens (tertiary/aromatic N) is 1. The molecule has 0 aromatic rings. The van der Waals surface area contributed by atoms with Crippen LogP contribution in [0.3, 0.4) is 0 Å². The van der Waals surface area contributed by atoms with Crippen LogP contribution in [0.4, 0.5) is 0 Å². The molecule has 0 aliphatic carbocycles. The molecule has 2 fully saturated rings. The molecule has 4 nitrogen and oxygen atoms in total. The normalized spacial score (nSPS) is 34.6. The maximum atomic E-state index is 12.1. The van der Waals surface area contributed by atoms with Gasteiger partial charge in [0.1, 0.15) is 6.10 Å². The van der Waals surface area contributed by atoms with Crippen molar-refractivity contribution >= 4 is 18.3 Å². The van der Waals surface area contributed by atoms with Crippen molar-refractivity contribution in [3.05, 3.63) is 0 Å². The molecule has 3 atom stereocenters. The van der Waals surface area contributed by atoms with Crippen molar-refractivity contribution in [1.82, 2.24) is 10.2 Å². The van der Waals surface area contributed by atoms with E-state index in [9.17, 15) is 4.79 Å². The molecule has 1 N–H and O–H groups in total. The number of amides is 1. The fourth-order valence-corrected chi connectivity index (χ4v) is 2.52. The van der Waals surface area contributed by atoms with Crippen LogP contribution in [0.15, 0.2) is 0 Å². The standard InChI is InChI=1S/C11H20N2O2.ClH/c1-8-5-9(2)13(7-8)11(14)10-6-12-3-4-15-10;/h8-10,12H,3-7H2,1-2H3;1H/t8?,9?,10-;/m1./s1. The predicted octanol–water partition coefficient (Wildman–Crippen LogP) is 0.653. The fraction of sp³-hybridized carbons (Fsp3) is 0.909. The summed E-state index contributed by atoms with van der Waals surface area (Å²) in [7, 11) is 0. The van der Waals surface area contributed by atoms with E-state index in [0.717, 1.165) is 19.5 Å². The molecular formula is C11H21ClN2O2. The number of nitrogens with one attached hydrogen (secondary N) is 1. The van der Waals surface area contributed by atoms with Gasteiger partial charge in [-0.2, -0.15) is 0 Å². The zero-order chi connectivity index (χ0) is 10.8. The smallest absolute Gasteiger partial charge is 0.253 e. The van der Waals surface area contributed by atoms with Gasteiger partial charge in [-0.3, -0.25) is 4.79 Å². The molecule has 0 aromatic heterocycles. The minimum Gasteiger partial charge on any atom is -0.366 e. The quantitative estimate of drug-likeness (QED) is 0.741. The van der Waals surface area contributed by atoms with Crippen LogP contribution in [-0.4, -0.2) is 49.2 Å². The maximum Gasteiger partial charge on any atom is 0.253 e. The molecule has 0 bridgehead atoms. The fourth-order valence-electron chi connectivity index (χ4n) is 2.52. The molecule has 2 saturated heterocycles. The van der Waals surface area contributed by atoms with E-state index in [-0.39, 0.29) is 24.4 Å². The Morgan fingerprint density at radius 1 is 1.44 bits per heavy atom. The number of carbonyl (C=O) groups is 1. The number of halogens is 1. The van der Waals surface area contributed by atoms with Crippen molar-refractivity contribution in [2.45, 2.75) is 32.4 Å². The van der Waals surface area contributed by atoms with E-state index in [0.29, 0.717) is 25.1 Å². The molecule has 2 heterocycles. The second-order valence-electron chi connectivity index (χ2n) is 4.74. The number of carbonyl (C=O) groups excluding carboxylic acids is 1. The van der Waals surface area contributed by atoms with Crippen molar-refractivity contribution in [2.24, 2.45) is 5.92 Å². The van der Waals surface area contributed by atoms with Crippen LogP contribution in [0.25, 0.3) is 0 Å². The monoisotopic (exact) mass is 248 g/mol. The summed E-state index contributed by atoms with van der Waals surface area (Å²) in [4.78, 5) is 14.1. The Kier molecular flexibility index (Phi) is 5.02. The molecule has 0 saturated carbocycles. The highest BCUT2D eigenvalue weighted by Gasteiger charge is 2.34. The zero-order valence-electron chi connectivity index (χ0n) is 9.94. The van der Waals surface area contributed by atoms with Crippen LogP contribution in [0, 0.1) is 5.92 Å². The lowest BCUT2D eigenvalue weighted by molar-refractivity contribution is -0.145. The van der Waals surface area contributed by atoms with Gasteiger partial charge in [-0.1, -0.05) is 6.92 Å². The topological polar surface area (TPSA) is 41.6 Å². The van der Waals surface area contributed by atoms with E-state index < -0.39 is 0 Å². The van der Waals surface area contributed by atoms with Gasteiger partial charge in [0, 0.05) is 25.7 Å². The Labute approximate surface area is 103 Å². The molecule has 0 spiro atoms. The number of hydrogen-bond donors (Lipinski definition) is 1. The molecule has 0 aromatic carbocycles. The Morgan fingerprint density at radius 3 is 2.69 bits per heavy atom. The number of ether oxygens (including phenoxy) is 1. The minimum atomic E-state index is -0.258. The van der Waals surface area contributed by atoms with Gasteiger partial charge >= 0.3 is 0 Å². The van der Waals surface area contributed by atoms with Gasteiger partial charge in [-0.25, -0.2) is 0 Å². The molecule has 2 rings (SSSR count). The molecule has 2 aliphatic heterocycles. The second-order valence-corrected chi connectivity index (χ2v) is 4.74. The second kappa shape index (κ2) is 5.84. The highest BCUT2D eigenvalue weighted by atomic mass is 35.5. The molecule has 2 unspecified atom stereocenters. The summed E-state index contributed by atoms with van der Waals surface area (Å²) >= 11 is 0. The lowest BCUT2D eigenvalue weighted by Crippen LogP contribution is -2.50. The van der Waals surface area contributed by atoms with E-state index in [1.165, 1.54) is 0 Å². The van der Waals surface area contributed by atoms with Crippen LogP contribution >= 0.6 is 12.4 Å². The van der Waals surface area contributed by atoms with E-state index in [1.54, 1.807) is 0 Å². The average molecular weight is 249 g/mol. The molecule has 94 valence electrons. The van der Waals surface area contributed by atoms with Crippen LogP contribution in [0.5, 0.6) is 0 Å². The minimum absolute atomic E-state index is 0. The summed E-state index contributed by atoms with van der Waals surface area (Å²) in [6.07, 6.45) is 0.859. The number of likely N-dealkylation sites (tertiary alicyclic amines) is 1. The van der Waals surface area contributed by atoms with E-state index in [4.69, 9.17) is 4.74 Å². The van der Waals surface area contributed by atoms with Crippen molar-refractivity contribution in [1.29, 1.82) is 0 Å². The van der Waals surface area contributed by atoms with Gasteiger partial charge in [-0.15, -0.1) is 12.4 Å². The van der Waals surface area contributed by atoms with Crippen LogP contribution in [0.1, 0.15) is 20.3 Å². The van der Waals surface area contributed by atoms with Crippen LogP contribution in [0.2, 0.25) is 0 Å². The molecule has 1 amide bonds. The van der Waals surface area contributed by atoms with Crippen molar-refractivity contribution in [2.75, 3.05) is 26.2 Å². The number of hydrogen-bond acceptors (Lipinski definition) is 3. The molecule has 2 aliphatic rings. The van der Waals surface area contributed by atoms with E-state index >= 15 is 0 Å².